The van der Waals surface area contributed by atoms with Gasteiger partial charge in [-0.1, -0.05) is 30.7 Å². The molecule has 0 radical (unpaired) electrons. The van der Waals surface area contributed by atoms with Crippen molar-refractivity contribution in [2.75, 3.05) is 6.54 Å². The first-order valence-corrected chi connectivity index (χ1v) is 7.51. The Bertz CT molecular complexity index is 533. The van der Waals surface area contributed by atoms with Crippen molar-refractivity contribution in [2.24, 2.45) is 5.73 Å². The summed E-state index contributed by atoms with van der Waals surface area (Å²) < 4.78 is 2.03. The Morgan fingerprint density at radius 3 is 2.55 bits per heavy atom. The van der Waals surface area contributed by atoms with Gasteiger partial charge < -0.3 is 5.73 Å². The molecule has 1 aromatic heterocycles. The fraction of sp³-hybridized carbons (Fsp3) is 0.438. The van der Waals surface area contributed by atoms with Crippen LogP contribution in [-0.4, -0.2) is 16.3 Å². The van der Waals surface area contributed by atoms with Crippen LogP contribution in [0.25, 0.3) is 0 Å². The highest BCUT2D eigenvalue weighted by Gasteiger charge is 2.13. The van der Waals surface area contributed by atoms with Crippen LogP contribution in [-0.2, 0) is 6.42 Å². The SMILES string of the molecule is CCC(C)n1ccc(CC(CN)c2ccc(Cl)cc2)n1. The van der Waals surface area contributed by atoms with E-state index in [-0.39, 0.29) is 5.92 Å². The van der Waals surface area contributed by atoms with Crippen LogP contribution < -0.4 is 5.73 Å². The fourth-order valence-corrected chi connectivity index (χ4v) is 2.37. The van der Waals surface area contributed by atoms with E-state index in [4.69, 9.17) is 17.3 Å². The van der Waals surface area contributed by atoms with Gasteiger partial charge in [0, 0.05) is 23.2 Å². The van der Waals surface area contributed by atoms with Crippen molar-refractivity contribution in [1.82, 2.24) is 9.78 Å². The lowest BCUT2D eigenvalue weighted by Crippen LogP contribution is -2.15. The summed E-state index contributed by atoms with van der Waals surface area (Å²) in [4.78, 5) is 0. The number of halogens is 1. The zero-order valence-corrected chi connectivity index (χ0v) is 12.8. The van der Waals surface area contributed by atoms with Crippen LogP contribution in [0, 0.1) is 0 Å². The second kappa shape index (κ2) is 6.91. The molecule has 0 aliphatic carbocycles. The van der Waals surface area contributed by atoms with Crippen molar-refractivity contribution in [3.63, 3.8) is 0 Å². The first-order chi connectivity index (χ1) is 9.63. The summed E-state index contributed by atoms with van der Waals surface area (Å²) in [6.45, 7) is 4.95. The molecule has 1 aromatic carbocycles. The summed E-state index contributed by atoms with van der Waals surface area (Å²) in [5, 5.41) is 5.40. The Morgan fingerprint density at radius 1 is 1.25 bits per heavy atom. The maximum atomic E-state index is 5.93. The first kappa shape index (κ1) is 15.1. The van der Waals surface area contributed by atoms with Crippen LogP contribution in [0.5, 0.6) is 0 Å². The fourth-order valence-electron chi connectivity index (χ4n) is 2.24. The third kappa shape index (κ3) is 3.62. The van der Waals surface area contributed by atoms with E-state index in [1.54, 1.807) is 0 Å². The van der Waals surface area contributed by atoms with Gasteiger partial charge in [0.05, 0.1) is 5.69 Å². The van der Waals surface area contributed by atoms with Crippen molar-refractivity contribution in [3.05, 3.63) is 52.8 Å². The normalized spacial score (nSPS) is 14.2. The molecule has 0 fully saturated rings. The van der Waals surface area contributed by atoms with Crippen LogP contribution >= 0.6 is 11.6 Å². The molecular weight excluding hydrogens is 270 g/mol. The number of hydrogen-bond donors (Lipinski definition) is 1. The lowest BCUT2D eigenvalue weighted by atomic mass is 9.94. The molecule has 0 amide bonds. The van der Waals surface area contributed by atoms with Gasteiger partial charge in [0.15, 0.2) is 0 Å². The summed E-state index contributed by atoms with van der Waals surface area (Å²) in [5.74, 6) is 0.285. The molecule has 2 atom stereocenters. The first-order valence-electron chi connectivity index (χ1n) is 7.13. The minimum atomic E-state index is 0.285. The second-order valence-electron chi connectivity index (χ2n) is 5.23. The Hall–Kier alpha value is -1.32. The van der Waals surface area contributed by atoms with E-state index < -0.39 is 0 Å². The molecule has 108 valence electrons. The predicted molar refractivity (Wildman–Crippen MR) is 84.2 cm³/mol. The van der Waals surface area contributed by atoms with E-state index >= 15 is 0 Å². The van der Waals surface area contributed by atoms with Crippen LogP contribution in [0.4, 0.5) is 0 Å². The van der Waals surface area contributed by atoms with E-state index in [0.29, 0.717) is 12.6 Å². The van der Waals surface area contributed by atoms with E-state index in [2.05, 4.69) is 31.2 Å². The van der Waals surface area contributed by atoms with Gasteiger partial charge in [-0.05, 0) is 50.1 Å². The molecule has 0 aliphatic heterocycles. The molecule has 3 nitrogen and oxygen atoms in total. The molecule has 2 N–H and O–H groups in total. The van der Waals surface area contributed by atoms with Gasteiger partial charge in [-0.3, -0.25) is 4.68 Å². The summed E-state index contributed by atoms with van der Waals surface area (Å²) in [6, 6.07) is 10.5. The monoisotopic (exact) mass is 291 g/mol. The maximum Gasteiger partial charge on any atom is 0.0631 e. The summed E-state index contributed by atoms with van der Waals surface area (Å²) in [5.41, 5.74) is 8.23. The van der Waals surface area contributed by atoms with Gasteiger partial charge in [-0.25, -0.2) is 0 Å². The van der Waals surface area contributed by atoms with Crippen LogP contribution in [0.2, 0.25) is 5.02 Å². The van der Waals surface area contributed by atoms with Crippen LogP contribution in [0.1, 0.15) is 43.5 Å². The number of nitrogens with zero attached hydrogens (tertiary/aromatic N) is 2. The van der Waals surface area contributed by atoms with Crippen molar-refractivity contribution in [3.8, 4) is 0 Å². The number of benzene rings is 1. The lowest BCUT2D eigenvalue weighted by Gasteiger charge is -2.14. The Morgan fingerprint density at radius 2 is 1.95 bits per heavy atom. The summed E-state index contributed by atoms with van der Waals surface area (Å²) >= 11 is 5.93. The molecule has 0 saturated heterocycles. The minimum absolute atomic E-state index is 0.285. The third-order valence-electron chi connectivity index (χ3n) is 3.79. The summed E-state index contributed by atoms with van der Waals surface area (Å²) in [7, 11) is 0. The lowest BCUT2D eigenvalue weighted by molar-refractivity contribution is 0.471. The molecule has 1 heterocycles. The zero-order valence-electron chi connectivity index (χ0n) is 12.1. The Kier molecular flexibility index (Phi) is 5.21. The van der Waals surface area contributed by atoms with Crippen molar-refractivity contribution < 1.29 is 0 Å². The molecule has 0 bridgehead atoms. The Balaban J connectivity index is 2.10. The number of nitrogens with two attached hydrogens (primary N) is 1. The number of rotatable bonds is 6. The second-order valence-corrected chi connectivity index (χ2v) is 5.67. The predicted octanol–water partition coefficient (Wildman–Crippen LogP) is 3.79. The molecule has 4 heteroatoms. The van der Waals surface area contributed by atoms with Crippen LogP contribution in [0.15, 0.2) is 36.5 Å². The van der Waals surface area contributed by atoms with E-state index in [9.17, 15) is 0 Å². The van der Waals surface area contributed by atoms with Gasteiger partial charge in [0.25, 0.3) is 0 Å². The highest BCUT2D eigenvalue weighted by atomic mass is 35.5. The standard InChI is InChI=1S/C16H22ClN3/c1-3-12(2)20-9-8-16(19-20)10-14(11-18)13-4-6-15(17)7-5-13/h4-9,12,14H,3,10-11,18H2,1-2H3. The Labute approximate surface area is 125 Å². The van der Waals surface area contributed by atoms with Crippen molar-refractivity contribution in [2.45, 2.75) is 38.6 Å². The van der Waals surface area contributed by atoms with Gasteiger partial charge >= 0.3 is 0 Å². The maximum absolute atomic E-state index is 5.93. The molecule has 2 rings (SSSR count). The largest absolute Gasteiger partial charge is 0.330 e. The zero-order chi connectivity index (χ0) is 14.5. The molecule has 0 spiro atoms. The van der Waals surface area contributed by atoms with Gasteiger partial charge in [0.2, 0.25) is 0 Å². The highest BCUT2D eigenvalue weighted by molar-refractivity contribution is 6.30. The highest BCUT2D eigenvalue weighted by Crippen LogP contribution is 2.21. The van der Waals surface area contributed by atoms with Crippen LogP contribution in [0.3, 0.4) is 0 Å². The molecular formula is C16H22ClN3. The minimum Gasteiger partial charge on any atom is -0.330 e. The molecule has 2 unspecified atom stereocenters. The molecule has 2 aromatic rings. The van der Waals surface area contributed by atoms with E-state index in [0.717, 1.165) is 23.6 Å². The third-order valence-corrected chi connectivity index (χ3v) is 4.04. The van der Waals surface area contributed by atoms with E-state index in [1.807, 2.05) is 28.9 Å². The molecule has 20 heavy (non-hydrogen) atoms. The molecule has 0 saturated carbocycles. The quantitative estimate of drug-likeness (QED) is 0.880. The number of hydrogen-bond acceptors (Lipinski definition) is 2. The van der Waals surface area contributed by atoms with Gasteiger partial charge in [-0.15, -0.1) is 0 Å². The number of aromatic nitrogens is 2. The molecule has 0 aliphatic rings. The summed E-state index contributed by atoms with van der Waals surface area (Å²) in [6.07, 6.45) is 4.00. The van der Waals surface area contributed by atoms with Gasteiger partial charge in [0.1, 0.15) is 0 Å². The van der Waals surface area contributed by atoms with Gasteiger partial charge in [-0.2, -0.15) is 5.10 Å². The van der Waals surface area contributed by atoms with E-state index in [1.165, 1.54) is 5.56 Å². The van der Waals surface area contributed by atoms with Crippen molar-refractivity contribution >= 4 is 11.6 Å². The van der Waals surface area contributed by atoms with Crippen molar-refractivity contribution in [1.29, 1.82) is 0 Å². The smallest absolute Gasteiger partial charge is 0.0631 e. The average molecular weight is 292 g/mol. The average Bonchev–Trinajstić information content (AvgIpc) is 2.93. The topological polar surface area (TPSA) is 43.8 Å².